The van der Waals surface area contributed by atoms with E-state index in [1.54, 1.807) is 24.5 Å². The Balaban J connectivity index is 1.83. The Morgan fingerprint density at radius 3 is 2.48 bits per heavy atom. The van der Waals surface area contributed by atoms with Gasteiger partial charge >= 0.3 is 0 Å². The van der Waals surface area contributed by atoms with Crippen molar-refractivity contribution in [2.75, 3.05) is 19.6 Å². The number of primary amides is 1. The molecule has 1 amide bonds. The molecule has 0 spiro atoms. The van der Waals surface area contributed by atoms with E-state index < -0.39 is 5.54 Å². The zero-order valence-electron chi connectivity index (χ0n) is 15.5. The van der Waals surface area contributed by atoms with Crippen molar-refractivity contribution in [2.45, 2.75) is 31.2 Å². The monoisotopic (exact) mass is 386 g/mol. The quantitative estimate of drug-likeness (QED) is 0.651. The molecule has 3 rings (SSSR count). The van der Waals surface area contributed by atoms with E-state index in [0.717, 1.165) is 37.2 Å². The van der Waals surface area contributed by atoms with Crippen LogP contribution < -0.4 is 16.4 Å². The van der Waals surface area contributed by atoms with Crippen LogP contribution in [0.3, 0.4) is 0 Å². The summed E-state index contributed by atoms with van der Waals surface area (Å²) >= 11 is 6.06. The van der Waals surface area contributed by atoms with E-state index in [-0.39, 0.29) is 5.91 Å². The topological polar surface area (TPSA) is 80.0 Å². The molecule has 2 heterocycles. The van der Waals surface area contributed by atoms with Crippen LogP contribution in [0.5, 0.6) is 0 Å². The summed E-state index contributed by atoms with van der Waals surface area (Å²) < 4.78 is 0. The van der Waals surface area contributed by atoms with Gasteiger partial charge in [0, 0.05) is 23.8 Å². The number of nitrogens with zero attached hydrogens (tertiary/aromatic N) is 1. The minimum Gasteiger partial charge on any atom is -0.368 e. The Morgan fingerprint density at radius 1 is 1.19 bits per heavy atom. The number of nitrogens with one attached hydrogen (secondary N) is 2. The second-order valence-corrected chi connectivity index (χ2v) is 7.65. The highest BCUT2D eigenvalue weighted by Crippen LogP contribution is 2.28. The fourth-order valence-electron chi connectivity index (χ4n) is 3.78. The lowest BCUT2D eigenvalue weighted by molar-refractivity contribution is -0.124. The van der Waals surface area contributed by atoms with Crippen LogP contribution in [0.4, 0.5) is 0 Å². The molecule has 144 valence electrons. The van der Waals surface area contributed by atoms with Gasteiger partial charge in [-0.15, -0.1) is 0 Å². The lowest BCUT2D eigenvalue weighted by Gasteiger charge is -2.34. The van der Waals surface area contributed by atoms with Gasteiger partial charge < -0.3 is 11.1 Å². The summed E-state index contributed by atoms with van der Waals surface area (Å²) in [6.45, 7) is 2.88. The van der Waals surface area contributed by atoms with Crippen LogP contribution in [0.1, 0.15) is 30.4 Å². The van der Waals surface area contributed by atoms with E-state index in [2.05, 4.69) is 15.6 Å². The minimum atomic E-state index is -0.973. The summed E-state index contributed by atoms with van der Waals surface area (Å²) in [5.74, 6) is 0.294. The van der Waals surface area contributed by atoms with Crippen molar-refractivity contribution in [3.8, 4) is 0 Å². The number of hydrogen-bond donors (Lipinski definition) is 3. The fourth-order valence-corrected chi connectivity index (χ4v) is 3.91. The number of hydrogen-bond acceptors (Lipinski definition) is 4. The molecule has 0 radical (unpaired) electrons. The van der Waals surface area contributed by atoms with E-state index in [1.807, 2.05) is 24.3 Å². The van der Waals surface area contributed by atoms with Crippen molar-refractivity contribution in [3.05, 3.63) is 64.9 Å². The minimum absolute atomic E-state index is 0.382. The summed E-state index contributed by atoms with van der Waals surface area (Å²) in [6.07, 6.45) is 7.32. The summed E-state index contributed by atoms with van der Waals surface area (Å²) in [7, 11) is 0. The molecular formula is C21H27ClN4O. The van der Waals surface area contributed by atoms with Gasteiger partial charge in [0.15, 0.2) is 0 Å². The van der Waals surface area contributed by atoms with Gasteiger partial charge in [0.1, 0.15) is 5.54 Å². The molecule has 0 bridgehead atoms. The van der Waals surface area contributed by atoms with Crippen LogP contribution in [0.2, 0.25) is 5.02 Å². The number of amides is 1. The molecule has 5 nitrogen and oxygen atoms in total. The van der Waals surface area contributed by atoms with Crippen LogP contribution in [-0.2, 0) is 16.8 Å². The third kappa shape index (κ3) is 5.06. The van der Waals surface area contributed by atoms with Crippen molar-refractivity contribution in [1.82, 2.24) is 15.6 Å². The predicted octanol–water partition coefficient (Wildman–Crippen LogP) is 2.64. The first-order valence-corrected chi connectivity index (χ1v) is 9.88. The van der Waals surface area contributed by atoms with Gasteiger partial charge in [-0.3, -0.25) is 15.1 Å². The van der Waals surface area contributed by atoms with Gasteiger partial charge in [-0.25, -0.2) is 0 Å². The molecule has 1 aliphatic rings. The molecule has 1 atom stereocenters. The smallest absolute Gasteiger partial charge is 0.242 e. The molecule has 1 unspecified atom stereocenters. The summed E-state index contributed by atoms with van der Waals surface area (Å²) in [4.78, 5) is 16.8. The standard InChI is InChI=1S/C21H27ClN4O/c22-19-3-1-18(2-4-19)21(20(23)27,15-17-7-12-25-13-8-17)26-14-9-16-5-10-24-11-6-16/h1-4,7-8,12-13,16,24,26H,5-6,9-11,14-15H2,(H2,23,27). The Bertz CT molecular complexity index is 732. The number of aromatic nitrogens is 1. The number of carbonyl (C=O) groups excluding carboxylic acids is 1. The second-order valence-electron chi connectivity index (χ2n) is 7.22. The van der Waals surface area contributed by atoms with E-state index in [9.17, 15) is 4.79 Å². The molecule has 6 heteroatoms. The molecule has 0 saturated carbocycles. The fraction of sp³-hybridized carbons (Fsp3) is 0.429. The van der Waals surface area contributed by atoms with Crippen LogP contribution in [-0.4, -0.2) is 30.5 Å². The number of nitrogens with two attached hydrogens (primary N) is 1. The van der Waals surface area contributed by atoms with Gasteiger partial charge in [-0.05, 0) is 80.2 Å². The summed E-state index contributed by atoms with van der Waals surface area (Å²) in [5, 5.41) is 7.53. The molecule has 1 saturated heterocycles. The highest BCUT2D eigenvalue weighted by molar-refractivity contribution is 6.30. The maximum absolute atomic E-state index is 12.7. The van der Waals surface area contributed by atoms with Crippen molar-refractivity contribution in [2.24, 2.45) is 11.7 Å². The number of pyridine rings is 1. The number of halogens is 1. The Labute approximate surface area is 165 Å². The maximum Gasteiger partial charge on any atom is 0.242 e. The van der Waals surface area contributed by atoms with E-state index in [0.29, 0.717) is 17.4 Å². The predicted molar refractivity (Wildman–Crippen MR) is 108 cm³/mol. The highest BCUT2D eigenvalue weighted by Gasteiger charge is 2.38. The number of piperidine rings is 1. The van der Waals surface area contributed by atoms with Gasteiger partial charge in [0.05, 0.1) is 0 Å². The molecule has 2 aromatic rings. The largest absolute Gasteiger partial charge is 0.368 e. The Kier molecular flexibility index (Phi) is 6.83. The molecule has 0 aliphatic carbocycles. The lowest BCUT2D eigenvalue weighted by Crippen LogP contribution is -2.54. The van der Waals surface area contributed by atoms with Gasteiger partial charge in [0.25, 0.3) is 0 Å². The van der Waals surface area contributed by atoms with Crippen molar-refractivity contribution >= 4 is 17.5 Å². The highest BCUT2D eigenvalue weighted by atomic mass is 35.5. The molecule has 1 aliphatic heterocycles. The normalized spacial score (nSPS) is 17.4. The van der Waals surface area contributed by atoms with E-state index in [4.69, 9.17) is 17.3 Å². The molecule has 1 aromatic heterocycles. The first kappa shape index (κ1) is 19.8. The Morgan fingerprint density at radius 2 is 1.85 bits per heavy atom. The molecule has 4 N–H and O–H groups in total. The zero-order chi connectivity index (χ0) is 19.1. The zero-order valence-corrected chi connectivity index (χ0v) is 16.2. The van der Waals surface area contributed by atoms with Crippen molar-refractivity contribution in [1.29, 1.82) is 0 Å². The van der Waals surface area contributed by atoms with Crippen molar-refractivity contribution < 1.29 is 4.79 Å². The van der Waals surface area contributed by atoms with Crippen LogP contribution in [0.25, 0.3) is 0 Å². The SMILES string of the molecule is NC(=O)C(Cc1ccncc1)(NCCC1CCNCC1)c1ccc(Cl)cc1. The van der Waals surface area contributed by atoms with Crippen molar-refractivity contribution in [3.63, 3.8) is 0 Å². The third-order valence-electron chi connectivity index (χ3n) is 5.41. The molecule has 1 fully saturated rings. The van der Waals surface area contributed by atoms with E-state index >= 15 is 0 Å². The number of rotatable bonds is 8. The van der Waals surface area contributed by atoms with Gasteiger partial charge in [-0.2, -0.15) is 0 Å². The Hall–Kier alpha value is -1.95. The maximum atomic E-state index is 12.7. The lowest BCUT2D eigenvalue weighted by atomic mass is 9.82. The van der Waals surface area contributed by atoms with E-state index in [1.165, 1.54) is 12.8 Å². The third-order valence-corrected chi connectivity index (χ3v) is 5.67. The summed E-state index contributed by atoms with van der Waals surface area (Å²) in [5.41, 5.74) is 6.82. The van der Waals surface area contributed by atoms with Crippen LogP contribution in [0.15, 0.2) is 48.8 Å². The second kappa shape index (κ2) is 9.31. The average Bonchev–Trinajstić information content (AvgIpc) is 2.69. The number of carbonyl (C=O) groups is 1. The average molecular weight is 387 g/mol. The first-order valence-electron chi connectivity index (χ1n) is 9.51. The number of benzene rings is 1. The molecule has 1 aromatic carbocycles. The van der Waals surface area contributed by atoms with Crippen LogP contribution in [0, 0.1) is 5.92 Å². The first-order chi connectivity index (χ1) is 13.1. The molecule has 27 heavy (non-hydrogen) atoms. The van der Waals surface area contributed by atoms with Gasteiger partial charge in [0.2, 0.25) is 5.91 Å². The van der Waals surface area contributed by atoms with Crippen LogP contribution >= 0.6 is 11.6 Å². The van der Waals surface area contributed by atoms with Gasteiger partial charge in [-0.1, -0.05) is 23.7 Å². The summed E-state index contributed by atoms with van der Waals surface area (Å²) in [6, 6.07) is 11.2. The molecular weight excluding hydrogens is 360 g/mol.